The normalized spacial score (nSPS) is 29.2. The van der Waals surface area contributed by atoms with Crippen LogP contribution in [-0.4, -0.2) is 43.4 Å². The standard InChI is InChI=1S/C11H14FN3O/c12-11-2-1-8(3-14-11)15-6-9-4-13-5-10(7-15)16-9/h1-3,9-10,13H,4-7H2. The second kappa shape index (κ2) is 3.99. The minimum Gasteiger partial charge on any atom is -0.369 e. The second-order valence-electron chi connectivity index (χ2n) is 4.28. The molecular weight excluding hydrogens is 209 g/mol. The van der Waals surface area contributed by atoms with Crippen molar-refractivity contribution in [1.29, 1.82) is 0 Å². The largest absolute Gasteiger partial charge is 0.369 e. The van der Waals surface area contributed by atoms with E-state index in [9.17, 15) is 4.39 Å². The third-order valence-electron chi connectivity index (χ3n) is 3.05. The molecule has 3 heterocycles. The molecule has 1 aromatic rings. The van der Waals surface area contributed by atoms with E-state index in [-0.39, 0.29) is 12.2 Å². The van der Waals surface area contributed by atoms with Gasteiger partial charge in [-0.05, 0) is 12.1 Å². The molecule has 0 aromatic carbocycles. The first-order valence-corrected chi connectivity index (χ1v) is 5.54. The zero-order valence-corrected chi connectivity index (χ0v) is 8.90. The van der Waals surface area contributed by atoms with Gasteiger partial charge in [-0.1, -0.05) is 0 Å². The van der Waals surface area contributed by atoms with Gasteiger partial charge in [-0.25, -0.2) is 4.98 Å². The van der Waals surface area contributed by atoms with Crippen LogP contribution in [0.25, 0.3) is 0 Å². The highest BCUT2D eigenvalue weighted by Gasteiger charge is 2.31. The summed E-state index contributed by atoms with van der Waals surface area (Å²) in [5.74, 6) is -0.432. The number of nitrogens with zero attached hydrogens (tertiary/aromatic N) is 2. The summed E-state index contributed by atoms with van der Waals surface area (Å²) in [6, 6.07) is 3.18. The van der Waals surface area contributed by atoms with Crippen LogP contribution in [0.5, 0.6) is 0 Å². The van der Waals surface area contributed by atoms with E-state index < -0.39 is 5.95 Å². The Labute approximate surface area is 93.4 Å². The monoisotopic (exact) mass is 223 g/mol. The van der Waals surface area contributed by atoms with E-state index in [1.54, 1.807) is 12.3 Å². The Balaban J connectivity index is 1.77. The minimum atomic E-state index is -0.432. The second-order valence-corrected chi connectivity index (χ2v) is 4.28. The molecule has 1 aromatic heterocycles. The van der Waals surface area contributed by atoms with Crippen molar-refractivity contribution >= 4 is 5.69 Å². The molecule has 2 fully saturated rings. The van der Waals surface area contributed by atoms with E-state index in [1.807, 2.05) is 0 Å². The highest BCUT2D eigenvalue weighted by atomic mass is 19.1. The molecule has 2 unspecified atom stereocenters. The maximum absolute atomic E-state index is 12.7. The van der Waals surface area contributed by atoms with E-state index >= 15 is 0 Å². The van der Waals surface area contributed by atoms with E-state index in [4.69, 9.17) is 4.74 Å². The number of halogens is 1. The number of pyridine rings is 1. The van der Waals surface area contributed by atoms with Gasteiger partial charge in [0.05, 0.1) is 24.1 Å². The van der Waals surface area contributed by atoms with Gasteiger partial charge < -0.3 is 15.0 Å². The molecule has 3 rings (SSSR count). The third kappa shape index (κ3) is 1.88. The molecule has 0 amide bonds. The molecule has 0 saturated carbocycles. The predicted molar refractivity (Wildman–Crippen MR) is 57.9 cm³/mol. The van der Waals surface area contributed by atoms with Gasteiger partial charge in [-0.15, -0.1) is 0 Å². The molecule has 5 heteroatoms. The van der Waals surface area contributed by atoms with Gasteiger partial charge in [-0.3, -0.25) is 0 Å². The summed E-state index contributed by atoms with van der Waals surface area (Å²) in [5, 5.41) is 3.34. The fourth-order valence-corrected chi connectivity index (χ4v) is 2.32. The fraction of sp³-hybridized carbons (Fsp3) is 0.545. The van der Waals surface area contributed by atoms with E-state index in [2.05, 4.69) is 15.2 Å². The fourth-order valence-electron chi connectivity index (χ4n) is 2.32. The minimum absolute atomic E-state index is 0.234. The predicted octanol–water partition coefficient (Wildman–Crippen LogP) is 0.398. The molecule has 2 aliphatic heterocycles. The van der Waals surface area contributed by atoms with Crippen LogP contribution >= 0.6 is 0 Å². The van der Waals surface area contributed by atoms with Crippen LogP contribution in [0.2, 0.25) is 0 Å². The molecule has 1 N–H and O–H groups in total. The summed E-state index contributed by atoms with van der Waals surface area (Å²) in [5.41, 5.74) is 0.974. The average Bonchev–Trinajstić information content (AvgIpc) is 2.29. The van der Waals surface area contributed by atoms with Crippen molar-refractivity contribution in [2.45, 2.75) is 12.2 Å². The van der Waals surface area contributed by atoms with Gasteiger partial charge in [0.2, 0.25) is 5.95 Å². The molecule has 4 nitrogen and oxygen atoms in total. The molecule has 0 radical (unpaired) electrons. The van der Waals surface area contributed by atoms with Crippen molar-refractivity contribution in [3.05, 3.63) is 24.3 Å². The number of fused-ring (bicyclic) bond motifs is 2. The Kier molecular flexibility index (Phi) is 2.49. The number of morpholine rings is 2. The van der Waals surface area contributed by atoms with Gasteiger partial charge in [0.25, 0.3) is 0 Å². The van der Waals surface area contributed by atoms with Gasteiger partial charge in [0.15, 0.2) is 0 Å². The van der Waals surface area contributed by atoms with Crippen LogP contribution in [0.4, 0.5) is 10.1 Å². The Morgan fingerprint density at radius 2 is 2.06 bits per heavy atom. The maximum Gasteiger partial charge on any atom is 0.212 e. The van der Waals surface area contributed by atoms with Crippen LogP contribution in [-0.2, 0) is 4.74 Å². The molecule has 2 saturated heterocycles. The highest BCUT2D eigenvalue weighted by molar-refractivity contribution is 5.44. The maximum atomic E-state index is 12.7. The average molecular weight is 223 g/mol. The number of anilines is 1. The van der Waals surface area contributed by atoms with E-state index in [0.29, 0.717) is 0 Å². The van der Waals surface area contributed by atoms with Gasteiger partial charge in [0.1, 0.15) is 0 Å². The lowest BCUT2D eigenvalue weighted by Gasteiger charge is -2.42. The zero-order chi connectivity index (χ0) is 11.0. The topological polar surface area (TPSA) is 37.4 Å². The van der Waals surface area contributed by atoms with Gasteiger partial charge >= 0.3 is 0 Å². The molecule has 16 heavy (non-hydrogen) atoms. The molecule has 86 valence electrons. The molecular formula is C11H14FN3O. The molecule has 2 aliphatic rings. The van der Waals surface area contributed by atoms with E-state index in [1.165, 1.54) is 6.07 Å². The molecule has 2 atom stereocenters. The first-order chi connectivity index (χ1) is 7.81. The number of hydrogen-bond acceptors (Lipinski definition) is 4. The number of aromatic nitrogens is 1. The number of rotatable bonds is 1. The van der Waals surface area contributed by atoms with Crippen molar-refractivity contribution in [1.82, 2.24) is 10.3 Å². The van der Waals surface area contributed by atoms with Crippen molar-refractivity contribution in [2.75, 3.05) is 31.1 Å². The van der Waals surface area contributed by atoms with Crippen LogP contribution in [0.1, 0.15) is 0 Å². The lowest BCUT2D eigenvalue weighted by Crippen LogP contribution is -2.58. The molecule has 0 aliphatic carbocycles. The first kappa shape index (κ1) is 9.99. The first-order valence-electron chi connectivity index (χ1n) is 5.54. The Hall–Kier alpha value is -1.20. The van der Waals surface area contributed by atoms with Gasteiger partial charge in [0, 0.05) is 26.2 Å². The third-order valence-corrected chi connectivity index (χ3v) is 3.05. The lowest BCUT2D eigenvalue weighted by molar-refractivity contribution is -0.0484. The Morgan fingerprint density at radius 1 is 1.31 bits per heavy atom. The Morgan fingerprint density at radius 3 is 2.69 bits per heavy atom. The summed E-state index contributed by atoms with van der Waals surface area (Å²) in [6.07, 6.45) is 2.05. The number of hydrogen-bond donors (Lipinski definition) is 1. The number of nitrogens with one attached hydrogen (secondary N) is 1. The Bertz CT molecular complexity index is 358. The van der Waals surface area contributed by atoms with Crippen LogP contribution in [0.15, 0.2) is 18.3 Å². The summed E-state index contributed by atoms with van der Waals surface area (Å²) in [6.45, 7) is 3.47. The SMILES string of the molecule is Fc1ccc(N2CC3CNCC(C2)O3)cn1. The quantitative estimate of drug-likeness (QED) is 0.699. The van der Waals surface area contributed by atoms with Crippen LogP contribution < -0.4 is 10.2 Å². The summed E-state index contributed by atoms with van der Waals surface area (Å²) in [4.78, 5) is 5.90. The summed E-state index contributed by atoms with van der Waals surface area (Å²) >= 11 is 0. The lowest BCUT2D eigenvalue weighted by atomic mass is 10.1. The summed E-state index contributed by atoms with van der Waals surface area (Å²) in [7, 11) is 0. The van der Waals surface area contributed by atoms with E-state index in [0.717, 1.165) is 31.9 Å². The zero-order valence-electron chi connectivity index (χ0n) is 8.90. The summed E-state index contributed by atoms with van der Waals surface area (Å²) < 4.78 is 18.5. The highest BCUT2D eigenvalue weighted by Crippen LogP contribution is 2.21. The van der Waals surface area contributed by atoms with Crippen molar-refractivity contribution in [2.24, 2.45) is 0 Å². The van der Waals surface area contributed by atoms with Crippen LogP contribution in [0.3, 0.4) is 0 Å². The van der Waals surface area contributed by atoms with Gasteiger partial charge in [-0.2, -0.15) is 4.39 Å². The van der Waals surface area contributed by atoms with Crippen molar-refractivity contribution in [3.63, 3.8) is 0 Å². The smallest absolute Gasteiger partial charge is 0.212 e. The molecule has 0 spiro atoms. The van der Waals surface area contributed by atoms with Crippen molar-refractivity contribution < 1.29 is 9.13 Å². The molecule has 2 bridgehead atoms. The van der Waals surface area contributed by atoms with Crippen molar-refractivity contribution in [3.8, 4) is 0 Å². The number of ether oxygens (including phenoxy) is 1. The van der Waals surface area contributed by atoms with Crippen LogP contribution in [0, 0.1) is 5.95 Å².